The van der Waals surface area contributed by atoms with Crippen LogP contribution in [0.2, 0.25) is 0 Å². The summed E-state index contributed by atoms with van der Waals surface area (Å²) in [5, 5.41) is 11.5. The van der Waals surface area contributed by atoms with Crippen LogP contribution in [-0.4, -0.2) is 25.4 Å². The molecule has 5 aromatic rings. The molecular weight excluding hydrogens is 447 g/mol. The second kappa shape index (κ2) is 8.18. The first-order chi connectivity index (χ1) is 17.1. The summed E-state index contributed by atoms with van der Waals surface area (Å²) >= 11 is 0. The van der Waals surface area contributed by atoms with Crippen molar-refractivity contribution in [3.05, 3.63) is 103 Å². The second-order valence-corrected chi connectivity index (χ2v) is 8.08. The Morgan fingerprint density at radius 1 is 1.00 bits per heavy atom. The van der Waals surface area contributed by atoms with E-state index in [0.717, 1.165) is 11.4 Å². The summed E-state index contributed by atoms with van der Waals surface area (Å²) in [4.78, 5) is 12.1. The number of aromatic hydroxyl groups is 1. The molecule has 6 rings (SSSR count). The predicted molar refractivity (Wildman–Crippen MR) is 131 cm³/mol. The maximum Gasteiger partial charge on any atom is 0.199 e. The van der Waals surface area contributed by atoms with E-state index in [-0.39, 0.29) is 5.88 Å². The molecule has 1 aliphatic heterocycles. The van der Waals surface area contributed by atoms with E-state index in [1.165, 1.54) is 24.7 Å². The number of nitrogens with one attached hydrogen (secondary N) is 1. The predicted octanol–water partition coefficient (Wildman–Crippen LogP) is 5.82. The number of H-pyrrole nitrogens is 1. The third kappa shape index (κ3) is 3.71. The van der Waals surface area contributed by atoms with E-state index < -0.39 is 5.82 Å². The van der Waals surface area contributed by atoms with Crippen molar-refractivity contribution >= 4 is 22.3 Å². The van der Waals surface area contributed by atoms with Gasteiger partial charge in [-0.3, -0.25) is 0 Å². The molecule has 7 nitrogen and oxygen atoms in total. The maximum atomic E-state index is 13.8. The van der Waals surface area contributed by atoms with Gasteiger partial charge in [0.15, 0.2) is 17.4 Å². The van der Waals surface area contributed by atoms with Crippen LogP contribution in [0.3, 0.4) is 0 Å². The van der Waals surface area contributed by atoms with Crippen molar-refractivity contribution in [2.24, 2.45) is 12.0 Å². The van der Waals surface area contributed by atoms with Gasteiger partial charge in [0, 0.05) is 36.0 Å². The van der Waals surface area contributed by atoms with E-state index in [1.807, 2.05) is 48.1 Å². The minimum atomic E-state index is -0.403. The molecule has 0 amide bonds. The van der Waals surface area contributed by atoms with Gasteiger partial charge in [-0.25, -0.2) is 14.4 Å². The summed E-state index contributed by atoms with van der Waals surface area (Å²) in [6.07, 6.45) is 6.55. The highest BCUT2D eigenvalue weighted by Crippen LogP contribution is 2.36. The number of fused-ring (bicyclic) bond motifs is 2. The first kappa shape index (κ1) is 20.7. The van der Waals surface area contributed by atoms with Gasteiger partial charge in [-0.15, -0.1) is 0 Å². The van der Waals surface area contributed by atoms with E-state index in [0.29, 0.717) is 44.9 Å². The Morgan fingerprint density at radius 3 is 2.57 bits per heavy atom. The first-order valence-corrected chi connectivity index (χ1v) is 10.9. The summed E-state index contributed by atoms with van der Waals surface area (Å²) in [6, 6.07) is 17.4. The Labute approximate surface area is 199 Å². The number of hydrogen-bond acceptors (Lipinski definition) is 5. The van der Waals surface area contributed by atoms with Gasteiger partial charge in [0.25, 0.3) is 0 Å². The molecule has 0 saturated heterocycles. The van der Waals surface area contributed by atoms with Crippen LogP contribution in [0.15, 0.2) is 90.6 Å². The minimum Gasteiger partial charge on any atom is -0.494 e. The molecule has 1 aliphatic rings. The lowest BCUT2D eigenvalue weighted by atomic mass is 10.00. The van der Waals surface area contributed by atoms with Gasteiger partial charge in [-0.1, -0.05) is 0 Å². The summed E-state index contributed by atoms with van der Waals surface area (Å²) in [5.74, 6) is 1.42. The van der Waals surface area contributed by atoms with Crippen LogP contribution in [0, 0.1) is 5.82 Å². The largest absolute Gasteiger partial charge is 0.494 e. The molecule has 0 radical (unpaired) electrons. The van der Waals surface area contributed by atoms with Crippen molar-refractivity contribution in [3.8, 4) is 28.8 Å². The number of aliphatic imine (C=N–C) groups is 1. The molecule has 0 aliphatic carbocycles. The fourth-order valence-corrected chi connectivity index (χ4v) is 4.16. The fraction of sp³-hybridized carbons (Fsp3) is 0.0370. The molecule has 3 aromatic carbocycles. The monoisotopic (exact) mass is 466 g/mol. The highest BCUT2D eigenvalue weighted by atomic mass is 19.1. The van der Waals surface area contributed by atoms with Gasteiger partial charge >= 0.3 is 0 Å². The van der Waals surface area contributed by atoms with Gasteiger partial charge in [-0.2, -0.15) is 0 Å². The van der Waals surface area contributed by atoms with E-state index in [4.69, 9.17) is 14.5 Å². The zero-order valence-electron chi connectivity index (χ0n) is 18.6. The third-order valence-electron chi connectivity index (χ3n) is 5.83. The number of benzene rings is 3. The third-order valence-corrected chi connectivity index (χ3v) is 5.83. The molecule has 2 aromatic heterocycles. The quantitative estimate of drug-likeness (QED) is 0.327. The van der Waals surface area contributed by atoms with Gasteiger partial charge in [-0.05, 0) is 60.7 Å². The van der Waals surface area contributed by atoms with Gasteiger partial charge in [0.1, 0.15) is 24.2 Å². The SMILES string of the molecule is Cn1ccnc1-c1ccc(N=C(c2ccc3c(c2)OC=CO3)c2c(O)[nH]c3cc(F)ccc23)cc1. The normalized spacial score (nSPS) is 12.9. The molecule has 0 atom stereocenters. The lowest BCUT2D eigenvalue weighted by molar-refractivity contribution is 0.361. The molecule has 2 N–H and O–H groups in total. The average Bonchev–Trinajstić information content (AvgIpc) is 3.44. The van der Waals surface area contributed by atoms with Crippen molar-refractivity contribution < 1.29 is 19.0 Å². The summed E-state index contributed by atoms with van der Waals surface area (Å²) in [7, 11) is 1.94. The van der Waals surface area contributed by atoms with Crippen molar-refractivity contribution in [1.82, 2.24) is 14.5 Å². The smallest absolute Gasteiger partial charge is 0.199 e. The van der Waals surface area contributed by atoms with E-state index in [9.17, 15) is 9.50 Å². The fourth-order valence-electron chi connectivity index (χ4n) is 4.16. The Morgan fingerprint density at radius 2 is 1.80 bits per heavy atom. The molecule has 0 unspecified atom stereocenters. The molecule has 0 fully saturated rings. The van der Waals surface area contributed by atoms with Crippen molar-refractivity contribution in [3.63, 3.8) is 0 Å². The molecule has 3 heterocycles. The van der Waals surface area contributed by atoms with Crippen LogP contribution in [0.25, 0.3) is 22.3 Å². The van der Waals surface area contributed by atoms with Crippen LogP contribution < -0.4 is 9.47 Å². The van der Waals surface area contributed by atoms with Crippen LogP contribution in [-0.2, 0) is 7.05 Å². The molecule has 0 saturated carbocycles. The van der Waals surface area contributed by atoms with Crippen molar-refractivity contribution in [2.45, 2.75) is 0 Å². The Kier molecular flexibility index (Phi) is 4.84. The lowest BCUT2D eigenvalue weighted by Gasteiger charge is -2.14. The highest BCUT2D eigenvalue weighted by molar-refractivity contribution is 6.22. The van der Waals surface area contributed by atoms with Crippen LogP contribution in [0.4, 0.5) is 10.1 Å². The Hall–Kier alpha value is -4.85. The van der Waals surface area contributed by atoms with Crippen LogP contribution in [0.1, 0.15) is 11.1 Å². The summed E-state index contributed by atoms with van der Waals surface area (Å²) in [6.45, 7) is 0. The van der Waals surface area contributed by atoms with Gasteiger partial charge < -0.3 is 24.1 Å². The average molecular weight is 466 g/mol. The zero-order valence-corrected chi connectivity index (χ0v) is 18.6. The van der Waals surface area contributed by atoms with E-state index >= 15 is 0 Å². The Bertz CT molecular complexity index is 1630. The molecule has 0 spiro atoms. The Balaban J connectivity index is 1.51. The minimum absolute atomic E-state index is 0.108. The number of aromatic amines is 1. The molecule has 0 bridgehead atoms. The first-order valence-electron chi connectivity index (χ1n) is 10.9. The number of aromatic nitrogens is 3. The maximum absolute atomic E-state index is 13.8. The van der Waals surface area contributed by atoms with Crippen LogP contribution in [0.5, 0.6) is 17.4 Å². The number of aryl methyl sites for hydroxylation is 1. The molecule has 35 heavy (non-hydrogen) atoms. The van der Waals surface area contributed by atoms with Crippen molar-refractivity contribution in [2.75, 3.05) is 0 Å². The molecular formula is C27H19FN4O3. The molecule has 8 heteroatoms. The zero-order chi connectivity index (χ0) is 23.9. The topological polar surface area (TPSA) is 84.7 Å². The molecule has 172 valence electrons. The van der Waals surface area contributed by atoms with Gasteiger partial charge in [0.05, 0.1) is 22.5 Å². The summed E-state index contributed by atoms with van der Waals surface area (Å²) < 4.78 is 26.9. The number of rotatable bonds is 4. The number of ether oxygens (including phenoxy) is 2. The lowest BCUT2D eigenvalue weighted by Crippen LogP contribution is -2.05. The van der Waals surface area contributed by atoms with Gasteiger partial charge in [0.2, 0.25) is 0 Å². The standard InChI is InChI=1S/C27H19FN4O3/c1-32-11-10-29-26(32)16-2-6-19(7-3-16)30-25(17-4-9-22-23(14-17)35-13-12-34-22)24-20-8-5-18(28)15-21(20)31-27(24)33/h2-15,31,33H,1H3. The van der Waals surface area contributed by atoms with E-state index in [2.05, 4.69) is 9.97 Å². The summed E-state index contributed by atoms with van der Waals surface area (Å²) in [5.41, 5.74) is 3.73. The van der Waals surface area contributed by atoms with Crippen molar-refractivity contribution in [1.29, 1.82) is 0 Å². The highest BCUT2D eigenvalue weighted by Gasteiger charge is 2.21. The number of halogens is 1. The number of hydrogen-bond donors (Lipinski definition) is 2. The number of imidazole rings is 1. The van der Waals surface area contributed by atoms with Crippen LogP contribution >= 0.6 is 0 Å². The van der Waals surface area contributed by atoms with E-state index in [1.54, 1.807) is 24.4 Å². The number of nitrogens with zero attached hydrogens (tertiary/aromatic N) is 3. The second-order valence-electron chi connectivity index (χ2n) is 8.08.